The lowest BCUT2D eigenvalue weighted by atomic mass is 9.86. The zero-order chi connectivity index (χ0) is 8.06. The van der Waals surface area contributed by atoms with Gasteiger partial charge in [0.25, 0.3) is 0 Å². The van der Waals surface area contributed by atoms with Crippen LogP contribution in [0.1, 0.15) is 6.92 Å². The number of hydrogen-bond donors (Lipinski definition) is 0. The third kappa shape index (κ3) is 0.698. The summed E-state index contributed by atoms with van der Waals surface area (Å²) in [6, 6.07) is 0. The standard InChI is InChI=1S/C5H5BO5/c1-5-2-9-6(10-3(5)7)11-4(5)8/h2H2,1H3. The van der Waals surface area contributed by atoms with E-state index < -0.39 is 24.7 Å². The van der Waals surface area contributed by atoms with Crippen molar-refractivity contribution in [2.75, 3.05) is 6.61 Å². The highest BCUT2D eigenvalue weighted by Crippen LogP contribution is 2.31. The average molecular weight is 156 g/mol. The first-order valence-electron chi connectivity index (χ1n) is 3.17. The average Bonchev–Trinajstić information content (AvgIpc) is 1.94. The molecule has 0 aromatic carbocycles. The highest BCUT2D eigenvalue weighted by Gasteiger charge is 2.59. The van der Waals surface area contributed by atoms with Gasteiger partial charge in [-0.1, -0.05) is 0 Å². The summed E-state index contributed by atoms with van der Waals surface area (Å²) in [5.74, 6) is -1.13. The van der Waals surface area contributed by atoms with Crippen molar-refractivity contribution in [2.24, 2.45) is 5.41 Å². The Labute approximate surface area is 62.8 Å². The summed E-state index contributed by atoms with van der Waals surface area (Å²) in [4.78, 5) is 22.0. The van der Waals surface area contributed by atoms with Gasteiger partial charge < -0.3 is 14.0 Å². The van der Waals surface area contributed by atoms with E-state index in [-0.39, 0.29) is 6.61 Å². The molecule has 0 aromatic heterocycles. The first-order chi connectivity index (χ1) is 5.13. The minimum absolute atomic E-state index is 0.0509. The maximum atomic E-state index is 11.0. The second-order valence-electron chi connectivity index (χ2n) is 2.74. The van der Waals surface area contributed by atoms with Gasteiger partial charge in [0.2, 0.25) is 0 Å². The van der Waals surface area contributed by atoms with Gasteiger partial charge in [-0.25, -0.2) is 0 Å². The van der Waals surface area contributed by atoms with Crippen molar-refractivity contribution in [3.8, 4) is 0 Å². The highest BCUT2D eigenvalue weighted by molar-refractivity contribution is 6.46. The fourth-order valence-corrected chi connectivity index (χ4v) is 0.963. The molecule has 2 bridgehead atoms. The minimum atomic E-state index is -1.24. The van der Waals surface area contributed by atoms with E-state index >= 15 is 0 Å². The molecule has 3 aliphatic heterocycles. The van der Waals surface area contributed by atoms with Crippen molar-refractivity contribution in [3.63, 3.8) is 0 Å². The van der Waals surface area contributed by atoms with Crippen LogP contribution in [0.15, 0.2) is 0 Å². The van der Waals surface area contributed by atoms with Gasteiger partial charge in [0.15, 0.2) is 5.41 Å². The van der Waals surface area contributed by atoms with Crippen LogP contribution in [-0.4, -0.2) is 25.9 Å². The van der Waals surface area contributed by atoms with E-state index in [0.29, 0.717) is 0 Å². The van der Waals surface area contributed by atoms with Gasteiger partial charge in [-0.3, -0.25) is 9.59 Å². The molecular formula is C5H5BO5. The van der Waals surface area contributed by atoms with Crippen LogP contribution in [0.2, 0.25) is 0 Å². The maximum Gasteiger partial charge on any atom is 0.791 e. The third-order valence-electron chi connectivity index (χ3n) is 1.82. The molecule has 0 saturated carbocycles. The van der Waals surface area contributed by atoms with E-state index in [9.17, 15) is 9.59 Å². The zero-order valence-electron chi connectivity index (χ0n) is 5.83. The molecule has 0 N–H and O–H groups in total. The van der Waals surface area contributed by atoms with Crippen molar-refractivity contribution < 1.29 is 23.6 Å². The van der Waals surface area contributed by atoms with Crippen molar-refractivity contribution in [1.29, 1.82) is 0 Å². The first kappa shape index (κ1) is 6.66. The molecular weight excluding hydrogens is 151 g/mol. The quantitative estimate of drug-likeness (QED) is 0.336. The SMILES string of the molecule is CC12COB(OC1=O)OC2=O. The second-order valence-corrected chi connectivity index (χ2v) is 2.74. The molecule has 0 amide bonds. The van der Waals surface area contributed by atoms with Crippen molar-refractivity contribution >= 4 is 19.3 Å². The second kappa shape index (κ2) is 1.76. The van der Waals surface area contributed by atoms with Gasteiger partial charge in [0, 0.05) is 0 Å². The predicted octanol–water partition coefficient (Wildman–Crippen LogP) is -0.892. The lowest BCUT2D eigenvalue weighted by Gasteiger charge is -2.36. The van der Waals surface area contributed by atoms with Crippen LogP contribution >= 0.6 is 0 Å². The number of hydrogen-bond acceptors (Lipinski definition) is 5. The summed E-state index contributed by atoms with van der Waals surface area (Å²) in [7, 11) is -1.11. The molecule has 0 aliphatic carbocycles. The summed E-state index contributed by atoms with van der Waals surface area (Å²) in [5, 5.41) is 0. The van der Waals surface area contributed by atoms with Crippen LogP contribution in [0, 0.1) is 5.41 Å². The largest absolute Gasteiger partial charge is 0.791 e. The number of rotatable bonds is 0. The van der Waals surface area contributed by atoms with E-state index in [1.54, 1.807) is 0 Å². The minimum Gasteiger partial charge on any atom is -0.473 e. The first-order valence-corrected chi connectivity index (χ1v) is 3.17. The lowest BCUT2D eigenvalue weighted by molar-refractivity contribution is -0.185. The lowest BCUT2D eigenvalue weighted by Crippen LogP contribution is -2.59. The number of carbonyl (C=O) groups excluding carboxylic acids is 2. The molecule has 0 aromatic rings. The molecule has 6 heteroatoms. The Kier molecular flexibility index (Phi) is 1.07. The number of carbonyl (C=O) groups is 2. The van der Waals surface area contributed by atoms with Crippen molar-refractivity contribution in [2.45, 2.75) is 6.92 Å². The van der Waals surface area contributed by atoms with Gasteiger partial charge in [-0.05, 0) is 6.92 Å². The van der Waals surface area contributed by atoms with Crippen LogP contribution < -0.4 is 0 Å². The Hall–Kier alpha value is -1.04. The number of fused-ring (bicyclic) bond motifs is 3. The zero-order valence-corrected chi connectivity index (χ0v) is 5.83. The molecule has 0 unspecified atom stereocenters. The monoisotopic (exact) mass is 156 g/mol. The molecule has 3 fully saturated rings. The van der Waals surface area contributed by atoms with Crippen LogP contribution in [0.4, 0.5) is 0 Å². The van der Waals surface area contributed by atoms with Gasteiger partial charge in [-0.2, -0.15) is 0 Å². The van der Waals surface area contributed by atoms with E-state index in [2.05, 4.69) is 9.31 Å². The van der Waals surface area contributed by atoms with Gasteiger partial charge in [0.05, 0.1) is 6.61 Å². The highest BCUT2D eigenvalue weighted by atomic mass is 16.8. The van der Waals surface area contributed by atoms with Crippen molar-refractivity contribution in [3.05, 3.63) is 0 Å². The Morgan fingerprint density at radius 2 is 1.91 bits per heavy atom. The summed E-state index contributed by atoms with van der Waals surface area (Å²) in [6.45, 7) is 1.49. The van der Waals surface area contributed by atoms with E-state index in [1.807, 2.05) is 0 Å². The Morgan fingerprint density at radius 3 is 2.27 bits per heavy atom. The molecule has 0 radical (unpaired) electrons. The molecule has 3 rings (SSSR count). The molecule has 3 aliphatic rings. The van der Waals surface area contributed by atoms with Crippen LogP contribution in [-0.2, 0) is 23.6 Å². The summed E-state index contributed by atoms with van der Waals surface area (Å²) < 4.78 is 13.9. The van der Waals surface area contributed by atoms with Crippen molar-refractivity contribution in [1.82, 2.24) is 0 Å². The van der Waals surface area contributed by atoms with E-state index in [4.69, 9.17) is 4.65 Å². The summed E-state index contributed by atoms with van der Waals surface area (Å²) >= 11 is 0. The van der Waals surface area contributed by atoms with E-state index in [0.717, 1.165) is 0 Å². The van der Waals surface area contributed by atoms with Crippen LogP contribution in [0.3, 0.4) is 0 Å². The fourth-order valence-electron chi connectivity index (χ4n) is 0.963. The third-order valence-corrected chi connectivity index (χ3v) is 1.82. The topological polar surface area (TPSA) is 61.8 Å². The van der Waals surface area contributed by atoms with Gasteiger partial charge >= 0.3 is 19.3 Å². The summed E-state index contributed by atoms with van der Waals surface area (Å²) in [6.07, 6.45) is 0. The maximum absolute atomic E-state index is 11.0. The fraction of sp³-hybridized carbons (Fsp3) is 0.600. The summed E-state index contributed by atoms with van der Waals surface area (Å²) in [5.41, 5.74) is -1.24. The molecule has 3 saturated heterocycles. The van der Waals surface area contributed by atoms with E-state index in [1.165, 1.54) is 6.92 Å². The van der Waals surface area contributed by atoms with Crippen LogP contribution in [0.25, 0.3) is 0 Å². The predicted molar refractivity (Wildman–Crippen MR) is 32.0 cm³/mol. The van der Waals surface area contributed by atoms with Gasteiger partial charge in [-0.15, -0.1) is 0 Å². The smallest absolute Gasteiger partial charge is 0.473 e. The molecule has 3 heterocycles. The van der Waals surface area contributed by atoms with Crippen LogP contribution in [0.5, 0.6) is 0 Å². The Balaban J connectivity index is 2.38. The molecule has 58 valence electrons. The Bertz CT molecular complexity index is 219. The molecule has 0 spiro atoms. The Morgan fingerprint density at radius 1 is 1.36 bits per heavy atom. The molecule has 5 nitrogen and oxygen atoms in total. The van der Waals surface area contributed by atoms with Gasteiger partial charge in [0.1, 0.15) is 0 Å². The normalized spacial score (nSPS) is 26.5. The molecule has 11 heavy (non-hydrogen) atoms. The molecule has 0 atom stereocenters.